The van der Waals surface area contributed by atoms with Crippen molar-refractivity contribution in [3.05, 3.63) is 71.8 Å². The van der Waals surface area contributed by atoms with Crippen LogP contribution in [0.15, 0.2) is 60.7 Å². The SMILES string of the molecule is CC(C)[C@@H](NC(=O)[C@H](O)[C@H](N)Cc1ccccc1)C(=O)N[C@H](Cc1ccccc1)C(=O)O. The second-order valence-corrected chi connectivity index (χ2v) is 8.12. The highest BCUT2D eigenvalue weighted by molar-refractivity contribution is 5.92. The molecule has 6 N–H and O–H groups in total. The molecule has 2 rings (SSSR count). The second-order valence-electron chi connectivity index (χ2n) is 8.12. The van der Waals surface area contributed by atoms with Crippen molar-refractivity contribution >= 4 is 17.8 Å². The highest BCUT2D eigenvalue weighted by atomic mass is 16.4. The quantitative estimate of drug-likeness (QED) is 0.350. The molecule has 172 valence electrons. The van der Waals surface area contributed by atoms with Crippen molar-refractivity contribution < 1.29 is 24.6 Å². The molecule has 2 aromatic rings. The van der Waals surface area contributed by atoms with Crippen LogP contribution < -0.4 is 16.4 Å². The van der Waals surface area contributed by atoms with Gasteiger partial charge in [0.2, 0.25) is 5.91 Å². The fraction of sp³-hybridized carbons (Fsp3) is 0.375. The van der Waals surface area contributed by atoms with Gasteiger partial charge in [0.1, 0.15) is 18.2 Å². The summed E-state index contributed by atoms with van der Waals surface area (Å²) in [6, 6.07) is 15.1. The molecule has 8 heteroatoms. The first-order chi connectivity index (χ1) is 15.2. The number of carbonyl (C=O) groups excluding carboxylic acids is 2. The molecule has 0 unspecified atom stereocenters. The lowest BCUT2D eigenvalue weighted by Crippen LogP contribution is -2.57. The Hall–Kier alpha value is -3.23. The Morgan fingerprint density at radius 3 is 1.81 bits per heavy atom. The van der Waals surface area contributed by atoms with E-state index in [1.54, 1.807) is 38.1 Å². The monoisotopic (exact) mass is 441 g/mol. The third kappa shape index (κ3) is 7.47. The number of rotatable bonds is 11. The van der Waals surface area contributed by atoms with Crippen LogP contribution in [0.3, 0.4) is 0 Å². The zero-order valence-corrected chi connectivity index (χ0v) is 18.3. The summed E-state index contributed by atoms with van der Waals surface area (Å²) in [5.41, 5.74) is 7.62. The van der Waals surface area contributed by atoms with Crippen molar-refractivity contribution in [1.29, 1.82) is 0 Å². The number of nitrogens with two attached hydrogens (primary N) is 1. The van der Waals surface area contributed by atoms with Crippen LogP contribution in [0, 0.1) is 5.92 Å². The minimum Gasteiger partial charge on any atom is -0.480 e. The molecule has 0 bridgehead atoms. The first-order valence-electron chi connectivity index (χ1n) is 10.5. The fourth-order valence-electron chi connectivity index (χ4n) is 3.28. The van der Waals surface area contributed by atoms with Gasteiger partial charge in [0.05, 0.1) is 0 Å². The van der Waals surface area contributed by atoms with Crippen molar-refractivity contribution in [2.24, 2.45) is 11.7 Å². The van der Waals surface area contributed by atoms with Crippen LogP contribution >= 0.6 is 0 Å². The number of hydrogen-bond acceptors (Lipinski definition) is 5. The van der Waals surface area contributed by atoms with E-state index in [1.807, 2.05) is 36.4 Å². The van der Waals surface area contributed by atoms with Crippen molar-refractivity contribution in [3.8, 4) is 0 Å². The van der Waals surface area contributed by atoms with Gasteiger partial charge in [0.25, 0.3) is 5.91 Å². The average molecular weight is 442 g/mol. The molecule has 2 amide bonds. The molecule has 0 aliphatic heterocycles. The molecule has 0 spiro atoms. The van der Waals surface area contributed by atoms with E-state index in [0.29, 0.717) is 0 Å². The van der Waals surface area contributed by atoms with E-state index in [2.05, 4.69) is 10.6 Å². The average Bonchev–Trinajstić information content (AvgIpc) is 2.77. The molecule has 0 saturated heterocycles. The van der Waals surface area contributed by atoms with Crippen molar-refractivity contribution in [1.82, 2.24) is 10.6 Å². The zero-order chi connectivity index (χ0) is 23.7. The van der Waals surface area contributed by atoms with Gasteiger partial charge in [0.15, 0.2) is 0 Å². The highest BCUT2D eigenvalue weighted by Crippen LogP contribution is 2.09. The normalized spacial score (nSPS) is 14.8. The lowest BCUT2D eigenvalue weighted by Gasteiger charge is -2.26. The van der Waals surface area contributed by atoms with E-state index in [4.69, 9.17) is 5.73 Å². The Morgan fingerprint density at radius 2 is 1.34 bits per heavy atom. The largest absolute Gasteiger partial charge is 0.480 e. The summed E-state index contributed by atoms with van der Waals surface area (Å²) in [7, 11) is 0. The summed E-state index contributed by atoms with van der Waals surface area (Å²) in [6.07, 6.45) is -1.14. The van der Waals surface area contributed by atoms with E-state index in [0.717, 1.165) is 11.1 Å². The van der Waals surface area contributed by atoms with Gasteiger partial charge in [-0.25, -0.2) is 4.79 Å². The Bertz CT molecular complexity index is 889. The van der Waals surface area contributed by atoms with E-state index in [-0.39, 0.29) is 18.8 Å². The number of carboxylic acid groups (broad SMARTS) is 1. The van der Waals surface area contributed by atoms with Crippen molar-refractivity contribution in [2.75, 3.05) is 0 Å². The Balaban J connectivity index is 2.01. The molecule has 0 heterocycles. The zero-order valence-electron chi connectivity index (χ0n) is 18.3. The van der Waals surface area contributed by atoms with Crippen LogP contribution in [0.2, 0.25) is 0 Å². The van der Waals surface area contributed by atoms with Gasteiger partial charge in [-0.05, 0) is 23.5 Å². The van der Waals surface area contributed by atoms with E-state index in [1.165, 1.54) is 0 Å². The lowest BCUT2D eigenvalue weighted by molar-refractivity contribution is -0.142. The summed E-state index contributed by atoms with van der Waals surface area (Å²) >= 11 is 0. The molecule has 0 fully saturated rings. The minimum absolute atomic E-state index is 0.102. The smallest absolute Gasteiger partial charge is 0.326 e. The third-order valence-corrected chi connectivity index (χ3v) is 5.13. The molecule has 0 saturated carbocycles. The maximum absolute atomic E-state index is 12.8. The standard InChI is InChI=1S/C24H31N3O5/c1-15(2)20(22(29)26-19(24(31)32)14-17-11-7-4-8-12-17)27-23(30)21(28)18(25)13-16-9-5-3-6-10-16/h3-12,15,18-21,28H,13-14,25H2,1-2H3,(H,26,29)(H,27,30)(H,31,32)/t18-,19-,20-,21-/m1/s1. The summed E-state index contributed by atoms with van der Waals surface area (Å²) in [6.45, 7) is 3.43. The summed E-state index contributed by atoms with van der Waals surface area (Å²) in [5.74, 6) is -2.94. The molecule has 4 atom stereocenters. The minimum atomic E-state index is -1.52. The number of aliphatic hydroxyl groups is 1. The summed E-state index contributed by atoms with van der Waals surface area (Å²) in [4.78, 5) is 37.0. The molecular formula is C24H31N3O5. The van der Waals surface area contributed by atoms with Gasteiger partial charge >= 0.3 is 5.97 Å². The van der Waals surface area contributed by atoms with Gasteiger partial charge in [-0.2, -0.15) is 0 Å². The van der Waals surface area contributed by atoms with Crippen LogP contribution in [0.5, 0.6) is 0 Å². The number of carboxylic acids is 1. The summed E-state index contributed by atoms with van der Waals surface area (Å²) < 4.78 is 0. The van der Waals surface area contributed by atoms with Gasteiger partial charge in [-0.3, -0.25) is 9.59 Å². The number of amides is 2. The van der Waals surface area contributed by atoms with Gasteiger partial charge in [-0.1, -0.05) is 74.5 Å². The van der Waals surface area contributed by atoms with E-state index >= 15 is 0 Å². The number of carbonyl (C=O) groups is 3. The highest BCUT2D eigenvalue weighted by Gasteiger charge is 2.32. The number of benzene rings is 2. The predicted molar refractivity (Wildman–Crippen MR) is 121 cm³/mol. The number of aliphatic carboxylic acids is 1. The van der Waals surface area contributed by atoms with Crippen molar-refractivity contribution in [3.63, 3.8) is 0 Å². The molecular weight excluding hydrogens is 410 g/mol. The van der Waals surface area contributed by atoms with Crippen LogP contribution in [-0.2, 0) is 27.2 Å². The Labute approximate surface area is 187 Å². The molecule has 0 aliphatic rings. The van der Waals surface area contributed by atoms with E-state index < -0.39 is 42.0 Å². The third-order valence-electron chi connectivity index (χ3n) is 5.13. The Morgan fingerprint density at radius 1 is 0.844 bits per heavy atom. The maximum atomic E-state index is 12.8. The molecule has 8 nitrogen and oxygen atoms in total. The molecule has 0 aromatic heterocycles. The van der Waals surface area contributed by atoms with Crippen LogP contribution in [0.25, 0.3) is 0 Å². The Kier molecular flexibility index (Phi) is 9.37. The van der Waals surface area contributed by atoms with Crippen LogP contribution in [0.1, 0.15) is 25.0 Å². The van der Waals surface area contributed by atoms with E-state index in [9.17, 15) is 24.6 Å². The number of aliphatic hydroxyl groups excluding tert-OH is 1. The first-order valence-corrected chi connectivity index (χ1v) is 10.5. The molecule has 2 aromatic carbocycles. The van der Waals surface area contributed by atoms with Gasteiger partial charge in [-0.15, -0.1) is 0 Å². The molecule has 0 aliphatic carbocycles. The second kappa shape index (κ2) is 12.0. The first kappa shape index (κ1) is 25.0. The predicted octanol–water partition coefficient (Wildman–Crippen LogP) is 0.870. The van der Waals surface area contributed by atoms with Crippen LogP contribution in [-0.4, -0.2) is 52.2 Å². The topological polar surface area (TPSA) is 142 Å². The molecule has 0 radical (unpaired) electrons. The van der Waals surface area contributed by atoms with Crippen LogP contribution in [0.4, 0.5) is 0 Å². The summed E-state index contributed by atoms with van der Waals surface area (Å²) in [5, 5.41) is 24.9. The lowest BCUT2D eigenvalue weighted by atomic mass is 9.99. The number of nitrogens with one attached hydrogen (secondary N) is 2. The van der Waals surface area contributed by atoms with Gasteiger partial charge < -0.3 is 26.6 Å². The van der Waals surface area contributed by atoms with Gasteiger partial charge in [0, 0.05) is 12.5 Å². The maximum Gasteiger partial charge on any atom is 0.326 e. The number of hydrogen-bond donors (Lipinski definition) is 5. The van der Waals surface area contributed by atoms with Crippen molar-refractivity contribution in [2.45, 2.75) is 50.9 Å². The fourth-order valence-corrected chi connectivity index (χ4v) is 3.28. The molecule has 32 heavy (non-hydrogen) atoms.